The molecule has 0 aliphatic heterocycles. The Balaban J connectivity index is 1.84. The number of rotatable bonds is 9. The number of nitro groups is 1. The quantitative estimate of drug-likeness (QED) is 0.208. The van der Waals surface area contributed by atoms with Crippen LogP contribution in [0.15, 0.2) is 71.5 Å². The van der Waals surface area contributed by atoms with Crippen LogP contribution in [0.1, 0.15) is 20.8 Å². The third kappa shape index (κ3) is 6.26. The van der Waals surface area contributed by atoms with E-state index in [1.54, 1.807) is 48.5 Å². The molecule has 0 bridgehead atoms. The predicted octanol–water partition coefficient (Wildman–Crippen LogP) is 3.59. The van der Waals surface area contributed by atoms with Crippen LogP contribution in [0.4, 0.5) is 5.00 Å². The zero-order valence-electron chi connectivity index (χ0n) is 18.2. The maximum absolute atomic E-state index is 12.8. The second-order valence-corrected chi connectivity index (χ2v) is 7.72. The van der Waals surface area contributed by atoms with Crippen molar-refractivity contribution in [3.8, 4) is 11.5 Å². The van der Waals surface area contributed by atoms with E-state index >= 15 is 0 Å². The number of nitrogens with one attached hydrogen (secondary N) is 2. The van der Waals surface area contributed by atoms with Crippen molar-refractivity contribution in [3.63, 3.8) is 0 Å². The van der Waals surface area contributed by atoms with Gasteiger partial charge in [-0.15, -0.1) is 0 Å². The Morgan fingerprint density at radius 3 is 2.41 bits per heavy atom. The number of carbonyl (C=O) groups is 2. The first-order chi connectivity index (χ1) is 16.4. The Kier molecular flexibility index (Phi) is 8.08. The molecule has 3 rings (SSSR count). The number of thiophene rings is 1. The van der Waals surface area contributed by atoms with Crippen molar-refractivity contribution >= 4 is 40.4 Å². The molecule has 0 aliphatic rings. The Hall–Kier alpha value is -4.51. The van der Waals surface area contributed by atoms with Gasteiger partial charge in [0.15, 0.2) is 11.5 Å². The van der Waals surface area contributed by atoms with Crippen molar-refractivity contribution in [1.82, 2.24) is 10.7 Å². The monoisotopic (exact) mass is 480 g/mol. The van der Waals surface area contributed by atoms with Crippen LogP contribution >= 0.6 is 11.3 Å². The standard InChI is InChI=1S/C23H20N4O6S/c1-32-19-10-8-15(13-20(19)33-2)12-18(25-22(28)16-6-4-3-5-7-16)23(29)26-24-14-17-9-11-21(34-17)27(30)31/h3-14H,1-2H3,(H,25,28)(H,26,29)/b18-12+,24-14-. The highest BCUT2D eigenvalue weighted by Crippen LogP contribution is 2.28. The molecule has 2 N–H and O–H groups in total. The smallest absolute Gasteiger partial charge is 0.324 e. The van der Waals surface area contributed by atoms with Gasteiger partial charge in [0.05, 0.1) is 30.2 Å². The summed E-state index contributed by atoms with van der Waals surface area (Å²) in [5.41, 5.74) is 3.18. The van der Waals surface area contributed by atoms with Gasteiger partial charge in [0.1, 0.15) is 5.70 Å². The van der Waals surface area contributed by atoms with E-state index in [-0.39, 0.29) is 10.7 Å². The first-order valence-corrected chi connectivity index (χ1v) is 10.6. The Morgan fingerprint density at radius 1 is 1.03 bits per heavy atom. The van der Waals surface area contributed by atoms with Gasteiger partial charge >= 0.3 is 5.00 Å². The van der Waals surface area contributed by atoms with E-state index in [4.69, 9.17) is 9.47 Å². The fourth-order valence-corrected chi connectivity index (χ4v) is 3.47. The number of carbonyl (C=O) groups excluding carboxylic acids is 2. The number of hydrogen-bond donors (Lipinski definition) is 2. The minimum Gasteiger partial charge on any atom is -0.493 e. The molecule has 0 aliphatic carbocycles. The number of hydrazone groups is 1. The molecule has 0 saturated carbocycles. The minimum absolute atomic E-state index is 0.0445. The molecule has 34 heavy (non-hydrogen) atoms. The van der Waals surface area contributed by atoms with Crippen molar-refractivity contribution in [1.29, 1.82) is 0 Å². The summed E-state index contributed by atoms with van der Waals surface area (Å²) in [4.78, 5) is 36.3. The summed E-state index contributed by atoms with van der Waals surface area (Å²) in [7, 11) is 2.99. The Bertz CT molecular complexity index is 1250. The number of amides is 2. The van der Waals surface area contributed by atoms with Crippen LogP contribution in [0, 0.1) is 10.1 Å². The molecule has 0 spiro atoms. The molecule has 0 fully saturated rings. The van der Waals surface area contributed by atoms with Crippen LogP contribution in [0.25, 0.3) is 6.08 Å². The van der Waals surface area contributed by atoms with Gasteiger partial charge in [0.2, 0.25) is 0 Å². The summed E-state index contributed by atoms with van der Waals surface area (Å²) in [6, 6.07) is 16.3. The summed E-state index contributed by atoms with van der Waals surface area (Å²) in [6.45, 7) is 0. The molecule has 2 amide bonds. The number of hydrogen-bond acceptors (Lipinski definition) is 8. The molecule has 2 aromatic carbocycles. The van der Waals surface area contributed by atoms with Crippen molar-refractivity contribution in [2.45, 2.75) is 0 Å². The van der Waals surface area contributed by atoms with Gasteiger partial charge in [-0.2, -0.15) is 5.10 Å². The summed E-state index contributed by atoms with van der Waals surface area (Å²) in [5, 5.41) is 17.2. The maximum Gasteiger partial charge on any atom is 0.324 e. The lowest BCUT2D eigenvalue weighted by Gasteiger charge is -2.11. The lowest BCUT2D eigenvalue weighted by molar-refractivity contribution is -0.380. The van der Waals surface area contributed by atoms with Gasteiger partial charge in [0, 0.05) is 11.6 Å². The number of nitrogens with zero attached hydrogens (tertiary/aromatic N) is 2. The molecule has 3 aromatic rings. The molecular formula is C23H20N4O6S. The van der Waals surface area contributed by atoms with E-state index in [1.165, 1.54) is 38.6 Å². The van der Waals surface area contributed by atoms with E-state index < -0.39 is 16.7 Å². The Labute approximate surface area is 198 Å². The number of ether oxygens (including phenoxy) is 2. The third-order valence-electron chi connectivity index (χ3n) is 4.40. The SMILES string of the molecule is COc1ccc(/C=C(/NC(=O)c2ccccc2)C(=O)N/N=C\c2ccc([N+](=O)[O-])s2)cc1OC. The third-order valence-corrected chi connectivity index (χ3v) is 5.37. The van der Waals surface area contributed by atoms with Crippen molar-refractivity contribution in [3.05, 3.63) is 92.5 Å². The average molecular weight is 481 g/mol. The van der Waals surface area contributed by atoms with Crippen molar-refractivity contribution < 1.29 is 24.0 Å². The van der Waals surface area contributed by atoms with E-state index in [9.17, 15) is 19.7 Å². The van der Waals surface area contributed by atoms with E-state index in [2.05, 4.69) is 15.8 Å². The van der Waals surface area contributed by atoms with Crippen LogP contribution < -0.4 is 20.2 Å². The van der Waals surface area contributed by atoms with Crippen LogP contribution in [0.2, 0.25) is 0 Å². The van der Waals surface area contributed by atoms with Gasteiger partial charge in [-0.3, -0.25) is 19.7 Å². The summed E-state index contributed by atoms with van der Waals surface area (Å²) < 4.78 is 10.5. The molecule has 0 saturated heterocycles. The molecule has 0 unspecified atom stereocenters. The highest BCUT2D eigenvalue weighted by atomic mass is 32.1. The molecule has 1 heterocycles. The molecule has 0 atom stereocenters. The fourth-order valence-electron chi connectivity index (χ4n) is 2.78. The predicted molar refractivity (Wildman–Crippen MR) is 128 cm³/mol. The molecule has 1 aromatic heterocycles. The zero-order chi connectivity index (χ0) is 24.5. The normalized spacial score (nSPS) is 11.2. The highest BCUT2D eigenvalue weighted by molar-refractivity contribution is 7.16. The molecule has 11 heteroatoms. The average Bonchev–Trinajstić information content (AvgIpc) is 3.33. The van der Waals surface area contributed by atoms with Crippen molar-refractivity contribution in [2.24, 2.45) is 5.10 Å². The first kappa shape index (κ1) is 24.1. The fraction of sp³-hybridized carbons (Fsp3) is 0.0870. The highest BCUT2D eigenvalue weighted by Gasteiger charge is 2.15. The lowest BCUT2D eigenvalue weighted by atomic mass is 10.1. The van der Waals surface area contributed by atoms with Gasteiger partial charge in [0.25, 0.3) is 11.8 Å². The van der Waals surface area contributed by atoms with Crippen molar-refractivity contribution in [2.75, 3.05) is 14.2 Å². The molecule has 174 valence electrons. The largest absolute Gasteiger partial charge is 0.493 e. The second-order valence-electron chi connectivity index (χ2n) is 6.62. The van der Waals surface area contributed by atoms with Crippen LogP contribution in [0.5, 0.6) is 11.5 Å². The molecular weight excluding hydrogens is 460 g/mol. The van der Waals surface area contributed by atoms with Gasteiger partial charge in [-0.1, -0.05) is 35.6 Å². The summed E-state index contributed by atoms with van der Waals surface area (Å²) in [6.07, 6.45) is 2.74. The van der Waals surface area contributed by atoms with E-state index in [0.29, 0.717) is 27.5 Å². The van der Waals surface area contributed by atoms with Crippen LogP contribution in [0.3, 0.4) is 0 Å². The van der Waals surface area contributed by atoms with Gasteiger partial charge in [-0.05, 0) is 42.0 Å². The maximum atomic E-state index is 12.8. The second kappa shape index (κ2) is 11.4. The summed E-state index contributed by atoms with van der Waals surface area (Å²) >= 11 is 0.909. The van der Waals surface area contributed by atoms with Crippen LogP contribution in [-0.4, -0.2) is 37.2 Å². The van der Waals surface area contributed by atoms with E-state index in [0.717, 1.165) is 11.3 Å². The van der Waals surface area contributed by atoms with Gasteiger partial charge < -0.3 is 14.8 Å². The number of methoxy groups -OCH3 is 2. The van der Waals surface area contributed by atoms with Crippen LogP contribution in [-0.2, 0) is 4.79 Å². The molecule has 10 nitrogen and oxygen atoms in total. The first-order valence-electron chi connectivity index (χ1n) is 9.79. The number of benzene rings is 2. The van der Waals surface area contributed by atoms with E-state index in [1.807, 2.05) is 0 Å². The summed E-state index contributed by atoms with van der Waals surface area (Å²) in [5.74, 6) is -0.224. The Morgan fingerprint density at radius 2 is 1.76 bits per heavy atom. The van der Waals surface area contributed by atoms with Gasteiger partial charge in [-0.25, -0.2) is 5.43 Å². The topological polar surface area (TPSA) is 132 Å². The minimum atomic E-state index is -0.693. The molecule has 0 radical (unpaired) electrons. The zero-order valence-corrected chi connectivity index (χ0v) is 19.0. The lowest BCUT2D eigenvalue weighted by Crippen LogP contribution is -2.32.